The number of aromatic nitrogens is 2. The summed E-state index contributed by atoms with van der Waals surface area (Å²) in [7, 11) is -3.49. The molecule has 0 saturated carbocycles. The first-order valence-electron chi connectivity index (χ1n) is 6.73. The molecule has 0 aliphatic rings. The lowest BCUT2D eigenvalue weighted by Crippen LogP contribution is -2.26. The van der Waals surface area contributed by atoms with Gasteiger partial charge in [-0.3, -0.25) is 0 Å². The van der Waals surface area contributed by atoms with Gasteiger partial charge in [0.15, 0.2) is 0 Å². The van der Waals surface area contributed by atoms with E-state index in [0.29, 0.717) is 6.42 Å². The van der Waals surface area contributed by atoms with Crippen LogP contribution in [0.25, 0.3) is 11.0 Å². The van der Waals surface area contributed by atoms with Crippen LogP contribution in [0.3, 0.4) is 0 Å². The average Bonchev–Trinajstić information content (AvgIpc) is 2.90. The van der Waals surface area contributed by atoms with Crippen molar-refractivity contribution in [2.45, 2.75) is 11.3 Å². The molecule has 114 valence electrons. The Labute approximate surface area is 137 Å². The van der Waals surface area contributed by atoms with Crippen LogP contribution in [0.5, 0.6) is 0 Å². The zero-order valence-corrected chi connectivity index (χ0v) is 14.0. The molecule has 2 N–H and O–H groups in total. The second kappa shape index (κ2) is 6.20. The first-order valence-corrected chi connectivity index (χ1v) is 9.01. The lowest BCUT2D eigenvalue weighted by molar-refractivity contribution is 0.581. The number of H-pyrrole nitrogens is 1. The van der Waals surface area contributed by atoms with Crippen LogP contribution in [0.2, 0.25) is 0 Å². The van der Waals surface area contributed by atoms with Gasteiger partial charge in [-0.2, -0.15) is 0 Å². The van der Waals surface area contributed by atoms with Gasteiger partial charge in [-0.1, -0.05) is 28.1 Å². The summed E-state index contributed by atoms with van der Waals surface area (Å²) in [6.07, 6.45) is 0.504. The summed E-state index contributed by atoms with van der Waals surface area (Å²) in [5, 5.41) is 0. The van der Waals surface area contributed by atoms with Crippen LogP contribution in [0.15, 0.2) is 57.9 Å². The molecule has 0 amide bonds. The number of benzene rings is 2. The third kappa shape index (κ3) is 3.37. The number of para-hydroxylation sites is 2. The summed E-state index contributed by atoms with van der Waals surface area (Å²) in [5.74, 6) is 0.764. The van der Waals surface area contributed by atoms with Crippen molar-refractivity contribution >= 4 is 37.0 Å². The largest absolute Gasteiger partial charge is 0.342 e. The van der Waals surface area contributed by atoms with E-state index >= 15 is 0 Å². The lowest BCUT2D eigenvalue weighted by atomic mass is 10.3. The van der Waals surface area contributed by atoms with Crippen molar-refractivity contribution in [2.24, 2.45) is 0 Å². The smallest absolute Gasteiger partial charge is 0.240 e. The Hall–Kier alpha value is -1.70. The summed E-state index contributed by atoms with van der Waals surface area (Å²) in [4.78, 5) is 7.85. The molecule has 1 aromatic heterocycles. The molecular formula is C15H14BrN3O2S. The van der Waals surface area contributed by atoms with Gasteiger partial charge >= 0.3 is 0 Å². The van der Waals surface area contributed by atoms with Crippen molar-refractivity contribution in [2.75, 3.05) is 6.54 Å². The minimum absolute atomic E-state index is 0.250. The molecule has 2 aromatic carbocycles. The van der Waals surface area contributed by atoms with Crippen molar-refractivity contribution in [1.82, 2.24) is 14.7 Å². The predicted octanol–water partition coefficient (Wildman–Crippen LogP) is 2.85. The van der Waals surface area contributed by atoms with Crippen molar-refractivity contribution in [3.8, 4) is 0 Å². The molecule has 0 atom stereocenters. The fourth-order valence-corrected chi connectivity index (χ4v) is 3.42. The second-order valence-electron chi connectivity index (χ2n) is 4.80. The van der Waals surface area contributed by atoms with E-state index in [-0.39, 0.29) is 11.4 Å². The zero-order chi connectivity index (χ0) is 15.6. The molecule has 22 heavy (non-hydrogen) atoms. The number of hydrogen-bond donors (Lipinski definition) is 2. The lowest BCUT2D eigenvalue weighted by Gasteiger charge is -2.05. The van der Waals surface area contributed by atoms with Crippen LogP contribution in [0.1, 0.15) is 5.82 Å². The summed E-state index contributed by atoms with van der Waals surface area (Å²) >= 11 is 3.28. The molecular weight excluding hydrogens is 366 g/mol. The first-order chi connectivity index (χ1) is 10.5. The van der Waals surface area contributed by atoms with Crippen molar-refractivity contribution in [1.29, 1.82) is 0 Å². The Morgan fingerprint density at radius 2 is 1.82 bits per heavy atom. The minimum Gasteiger partial charge on any atom is -0.342 e. The Morgan fingerprint density at radius 3 is 2.55 bits per heavy atom. The van der Waals surface area contributed by atoms with Gasteiger partial charge in [0.05, 0.1) is 15.9 Å². The van der Waals surface area contributed by atoms with Gasteiger partial charge in [-0.15, -0.1) is 0 Å². The zero-order valence-electron chi connectivity index (χ0n) is 11.6. The Kier molecular flexibility index (Phi) is 4.28. The van der Waals surface area contributed by atoms with Crippen molar-refractivity contribution < 1.29 is 8.42 Å². The SMILES string of the molecule is O=S(=O)(NCCc1nc2ccccc2[nH]1)c1ccc(Br)cc1. The van der Waals surface area contributed by atoms with Crippen LogP contribution in [0.4, 0.5) is 0 Å². The average molecular weight is 380 g/mol. The third-order valence-electron chi connectivity index (χ3n) is 3.22. The fourth-order valence-electron chi connectivity index (χ4n) is 2.12. The molecule has 0 aliphatic carbocycles. The van der Waals surface area contributed by atoms with E-state index in [2.05, 4.69) is 30.6 Å². The molecule has 3 rings (SSSR count). The number of fused-ring (bicyclic) bond motifs is 1. The van der Waals surface area contributed by atoms with E-state index in [4.69, 9.17) is 0 Å². The van der Waals surface area contributed by atoms with E-state index < -0.39 is 10.0 Å². The quantitative estimate of drug-likeness (QED) is 0.715. The van der Waals surface area contributed by atoms with Crippen LogP contribution in [0, 0.1) is 0 Å². The molecule has 0 unspecified atom stereocenters. The molecule has 5 nitrogen and oxygen atoms in total. The number of rotatable bonds is 5. The highest BCUT2D eigenvalue weighted by atomic mass is 79.9. The molecule has 0 spiro atoms. The number of imidazole rings is 1. The molecule has 1 heterocycles. The van der Waals surface area contributed by atoms with Crippen LogP contribution >= 0.6 is 15.9 Å². The normalized spacial score (nSPS) is 11.9. The first kappa shape index (κ1) is 15.2. The summed E-state index contributed by atoms with van der Waals surface area (Å²) in [6.45, 7) is 0.290. The molecule has 0 fully saturated rings. The highest BCUT2D eigenvalue weighted by molar-refractivity contribution is 9.10. The van der Waals surface area contributed by atoms with Gasteiger partial charge in [0.1, 0.15) is 5.82 Å². The van der Waals surface area contributed by atoms with E-state index in [1.807, 2.05) is 24.3 Å². The molecule has 0 bridgehead atoms. The van der Waals surface area contributed by atoms with Gasteiger partial charge in [-0.05, 0) is 36.4 Å². The molecule has 0 radical (unpaired) electrons. The minimum atomic E-state index is -3.49. The Balaban J connectivity index is 1.65. The Morgan fingerprint density at radius 1 is 1.09 bits per heavy atom. The summed E-state index contributed by atoms with van der Waals surface area (Å²) in [5.41, 5.74) is 1.83. The maximum Gasteiger partial charge on any atom is 0.240 e. The van der Waals surface area contributed by atoms with Crippen molar-refractivity contribution in [3.63, 3.8) is 0 Å². The highest BCUT2D eigenvalue weighted by Crippen LogP contribution is 2.14. The van der Waals surface area contributed by atoms with Crippen LogP contribution < -0.4 is 4.72 Å². The van der Waals surface area contributed by atoms with E-state index in [9.17, 15) is 8.42 Å². The van der Waals surface area contributed by atoms with Gasteiger partial charge in [0, 0.05) is 17.4 Å². The van der Waals surface area contributed by atoms with Crippen LogP contribution in [-0.4, -0.2) is 24.9 Å². The molecule has 0 aliphatic heterocycles. The molecule has 3 aromatic rings. The van der Waals surface area contributed by atoms with E-state index in [0.717, 1.165) is 21.3 Å². The number of hydrogen-bond acceptors (Lipinski definition) is 3. The molecule has 0 saturated heterocycles. The maximum absolute atomic E-state index is 12.1. The van der Waals surface area contributed by atoms with Crippen LogP contribution in [-0.2, 0) is 16.4 Å². The van der Waals surface area contributed by atoms with Gasteiger partial charge < -0.3 is 4.98 Å². The van der Waals surface area contributed by atoms with Crippen molar-refractivity contribution in [3.05, 3.63) is 58.8 Å². The summed E-state index contributed by atoms with van der Waals surface area (Å²) < 4.78 is 27.7. The van der Waals surface area contributed by atoms with E-state index in [1.54, 1.807) is 24.3 Å². The highest BCUT2D eigenvalue weighted by Gasteiger charge is 2.13. The number of aromatic amines is 1. The number of nitrogens with zero attached hydrogens (tertiary/aromatic N) is 1. The van der Waals surface area contributed by atoms with Gasteiger partial charge in [0.25, 0.3) is 0 Å². The topological polar surface area (TPSA) is 74.8 Å². The van der Waals surface area contributed by atoms with E-state index in [1.165, 1.54) is 0 Å². The fraction of sp³-hybridized carbons (Fsp3) is 0.133. The molecule has 7 heteroatoms. The third-order valence-corrected chi connectivity index (χ3v) is 5.22. The van der Waals surface area contributed by atoms with Gasteiger partial charge in [0.2, 0.25) is 10.0 Å². The monoisotopic (exact) mass is 379 g/mol. The van der Waals surface area contributed by atoms with Gasteiger partial charge in [-0.25, -0.2) is 18.1 Å². The maximum atomic E-state index is 12.1. The standard InChI is InChI=1S/C15H14BrN3O2S/c16-11-5-7-12(8-6-11)22(20,21)17-10-9-15-18-13-3-1-2-4-14(13)19-15/h1-8,17H,9-10H2,(H,18,19). The summed E-state index contributed by atoms with van der Waals surface area (Å²) in [6, 6.07) is 14.2. The second-order valence-corrected chi connectivity index (χ2v) is 7.48. The number of halogens is 1. The Bertz CT molecular complexity index is 856. The number of nitrogens with one attached hydrogen (secondary N) is 2. The number of sulfonamides is 1. The predicted molar refractivity (Wildman–Crippen MR) is 89.1 cm³/mol.